The van der Waals surface area contributed by atoms with Crippen LogP contribution in [0, 0.1) is 6.92 Å². The first kappa shape index (κ1) is 18.5. The molecule has 1 aliphatic rings. The summed E-state index contributed by atoms with van der Waals surface area (Å²) in [6.45, 7) is 1.93. The number of hydrogen-bond donors (Lipinski definition) is 1. The number of ketones is 1. The Morgan fingerprint density at radius 2 is 1.70 bits per heavy atom. The van der Waals surface area contributed by atoms with Crippen molar-refractivity contribution in [2.24, 2.45) is 0 Å². The summed E-state index contributed by atoms with van der Waals surface area (Å²) in [4.78, 5) is 26.3. The summed E-state index contributed by atoms with van der Waals surface area (Å²) in [5, 5.41) is 10.8. The molecule has 140 valence electrons. The van der Waals surface area contributed by atoms with Crippen LogP contribution in [0.15, 0.2) is 48.0 Å². The molecule has 3 rings (SSSR count). The SMILES string of the molecule is COc1ccc([C@@H]2C(=C(O)c3ccc(C)cc3)C(=O)C(=O)N2C)c(OC)c1. The first-order valence-electron chi connectivity index (χ1n) is 8.42. The molecule has 2 aromatic rings. The maximum Gasteiger partial charge on any atom is 0.295 e. The van der Waals surface area contributed by atoms with E-state index in [9.17, 15) is 14.7 Å². The summed E-state index contributed by atoms with van der Waals surface area (Å²) < 4.78 is 10.6. The average Bonchev–Trinajstić information content (AvgIpc) is 2.91. The summed E-state index contributed by atoms with van der Waals surface area (Å²) in [5.41, 5.74) is 2.13. The number of benzene rings is 2. The summed E-state index contributed by atoms with van der Waals surface area (Å²) in [5.74, 6) is -0.560. The minimum atomic E-state index is -0.757. The monoisotopic (exact) mass is 367 g/mol. The lowest BCUT2D eigenvalue weighted by molar-refractivity contribution is -0.139. The van der Waals surface area contributed by atoms with E-state index in [-0.39, 0.29) is 11.3 Å². The van der Waals surface area contributed by atoms with Crippen LogP contribution < -0.4 is 9.47 Å². The highest BCUT2D eigenvalue weighted by Crippen LogP contribution is 2.42. The highest BCUT2D eigenvalue weighted by Gasteiger charge is 2.45. The number of carbonyl (C=O) groups excluding carboxylic acids is 2. The molecule has 0 aromatic heterocycles. The number of aliphatic hydroxyl groups is 1. The molecule has 6 heteroatoms. The molecule has 0 bridgehead atoms. The fourth-order valence-electron chi connectivity index (χ4n) is 3.22. The Labute approximate surface area is 157 Å². The van der Waals surface area contributed by atoms with E-state index in [1.807, 2.05) is 19.1 Å². The van der Waals surface area contributed by atoms with Crippen molar-refractivity contribution in [3.63, 3.8) is 0 Å². The molecule has 1 aliphatic heterocycles. The first-order valence-corrected chi connectivity index (χ1v) is 8.42. The first-order chi connectivity index (χ1) is 12.9. The topological polar surface area (TPSA) is 76.1 Å². The van der Waals surface area contributed by atoms with Crippen LogP contribution >= 0.6 is 0 Å². The van der Waals surface area contributed by atoms with Gasteiger partial charge in [-0.2, -0.15) is 0 Å². The van der Waals surface area contributed by atoms with Crippen LogP contribution in [0.3, 0.4) is 0 Å². The van der Waals surface area contributed by atoms with Crippen molar-refractivity contribution >= 4 is 17.4 Å². The van der Waals surface area contributed by atoms with Crippen LogP contribution in [0.5, 0.6) is 11.5 Å². The zero-order valence-electron chi connectivity index (χ0n) is 15.6. The third-order valence-corrected chi connectivity index (χ3v) is 4.74. The number of aryl methyl sites for hydroxylation is 1. The van der Waals surface area contributed by atoms with E-state index in [1.165, 1.54) is 26.2 Å². The quantitative estimate of drug-likeness (QED) is 0.511. The highest BCUT2D eigenvalue weighted by atomic mass is 16.5. The molecule has 0 unspecified atom stereocenters. The van der Waals surface area contributed by atoms with Gasteiger partial charge in [0.05, 0.1) is 25.8 Å². The van der Waals surface area contributed by atoms with Gasteiger partial charge in [0.25, 0.3) is 11.7 Å². The number of Topliss-reactive ketones (excluding diaryl/α,β-unsaturated/α-hetero) is 1. The molecule has 2 aromatic carbocycles. The number of likely N-dealkylation sites (N-methyl/N-ethyl adjacent to an activating group) is 1. The fraction of sp³-hybridized carbons (Fsp3) is 0.238. The summed E-state index contributed by atoms with van der Waals surface area (Å²) in [6.07, 6.45) is 0. The van der Waals surface area contributed by atoms with Gasteiger partial charge in [0, 0.05) is 24.2 Å². The third kappa shape index (κ3) is 3.14. The molecule has 1 N–H and O–H groups in total. The largest absolute Gasteiger partial charge is 0.507 e. The van der Waals surface area contributed by atoms with E-state index < -0.39 is 17.7 Å². The number of amides is 1. The zero-order chi connectivity index (χ0) is 19.7. The second-order valence-corrected chi connectivity index (χ2v) is 6.38. The van der Waals surface area contributed by atoms with Crippen molar-refractivity contribution in [1.29, 1.82) is 0 Å². The second-order valence-electron chi connectivity index (χ2n) is 6.38. The summed E-state index contributed by atoms with van der Waals surface area (Å²) in [6, 6.07) is 11.5. The van der Waals surface area contributed by atoms with Crippen molar-refractivity contribution in [3.8, 4) is 11.5 Å². The molecular formula is C21H21NO5. The summed E-state index contributed by atoms with van der Waals surface area (Å²) >= 11 is 0. The number of methoxy groups -OCH3 is 2. The van der Waals surface area contributed by atoms with Gasteiger partial charge in [0.2, 0.25) is 0 Å². The Hall–Kier alpha value is -3.28. The normalized spacial score (nSPS) is 18.7. The molecule has 1 fully saturated rings. The molecule has 1 heterocycles. The van der Waals surface area contributed by atoms with Crippen LogP contribution in [0.2, 0.25) is 0 Å². The van der Waals surface area contributed by atoms with E-state index in [2.05, 4.69) is 0 Å². The maximum absolute atomic E-state index is 12.6. The third-order valence-electron chi connectivity index (χ3n) is 4.74. The van der Waals surface area contributed by atoms with Gasteiger partial charge >= 0.3 is 0 Å². The van der Waals surface area contributed by atoms with Crippen molar-refractivity contribution in [2.45, 2.75) is 13.0 Å². The van der Waals surface area contributed by atoms with E-state index in [1.54, 1.807) is 30.3 Å². The average molecular weight is 367 g/mol. The summed E-state index contributed by atoms with van der Waals surface area (Å²) in [7, 11) is 4.57. The van der Waals surface area contributed by atoms with Crippen LogP contribution in [0.25, 0.3) is 5.76 Å². The van der Waals surface area contributed by atoms with Gasteiger partial charge in [-0.15, -0.1) is 0 Å². The van der Waals surface area contributed by atoms with Crippen LogP contribution in [-0.4, -0.2) is 43.0 Å². The number of nitrogens with zero attached hydrogens (tertiary/aromatic N) is 1. The Kier molecular flexibility index (Phi) is 4.90. The molecule has 0 aliphatic carbocycles. The number of likely N-dealkylation sites (tertiary alicyclic amines) is 1. The Morgan fingerprint density at radius 3 is 2.30 bits per heavy atom. The van der Waals surface area contributed by atoms with Crippen molar-refractivity contribution < 1.29 is 24.2 Å². The molecule has 0 saturated carbocycles. The van der Waals surface area contributed by atoms with Crippen molar-refractivity contribution in [3.05, 3.63) is 64.7 Å². The highest BCUT2D eigenvalue weighted by molar-refractivity contribution is 6.46. The number of aliphatic hydroxyl groups excluding tert-OH is 1. The van der Waals surface area contributed by atoms with Gasteiger partial charge in [-0.25, -0.2) is 0 Å². The number of rotatable bonds is 4. The molecule has 27 heavy (non-hydrogen) atoms. The lowest BCUT2D eigenvalue weighted by Gasteiger charge is -2.23. The minimum absolute atomic E-state index is 0.0369. The zero-order valence-corrected chi connectivity index (χ0v) is 15.6. The molecule has 1 atom stereocenters. The van der Waals surface area contributed by atoms with Gasteiger partial charge in [-0.3, -0.25) is 9.59 Å². The second kappa shape index (κ2) is 7.15. The number of ether oxygens (including phenoxy) is 2. The van der Waals surface area contributed by atoms with Crippen LogP contribution in [0.4, 0.5) is 0 Å². The molecule has 0 radical (unpaired) electrons. The predicted octanol–water partition coefficient (Wildman–Crippen LogP) is 3.06. The van der Waals surface area contributed by atoms with Gasteiger partial charge in [-0.05, 0) is 19.1 Å². The molecule has 0 spiro atoms. The van der Waals surface area contributed by atoms with Gasteiger partial charge < -0.3 is 19.5 Å². The predicted molar refractivity (Wildman–Crippen MR) is 101 cm³/mol. The maximum atomic E-state index is 12.6. The van der Waals surface area contributed by atoms with Crippen LogP contribution in [0.1, 0.15) is 22.7 Å². The van der Waals surface area contributed by atoms with Gasteiger partial charge in [-0.1, -0.05) is 29.8 Å². The lowest BCUT2D eigenvalue weighted by Crippen LogP contribution is -2.25. The van der Waals surface area contributed by atoms with E-state index in [0.29, 0.717) is 22.6 Å². The molecule has 1 saturated heterocycles. The Balaban J connectivity index is 2.20. The molecular weight excluding hydrogens is 346 g/mol. The van der Waals surface area contributed by atoms with E-state index >= 15 is 0 Å². The van der Waals surface area contributed by atoms with Crippen molar-refractivity contribution in [2.75, 3.05) is 21.3 Å². The Morgan fingerprint density at radius 1 is 1.04 bits per heavy atom. The molecule has 6 nitrogen and oxygen atoms in total. The Bertz CT molecular complexity index is 930. The minimum Gasteiger partial charge on any atom is -0.507 e. The van der Waals surface area contributed by atoms with E-state index in [0.717, 1.165) is 5.56 Å². The molecule has 1 amide bonds. The van der Waals surface area contributed by atoms with Gasteiger partial charge in [0.1, 0.15) is 17.3 Å². The fourth-order valence-corrected chi connectivity index (χ4v) is 3.22. The van der Waals surface area contributed by atoms with Gasteiger partial charge in [0.15, 0.2) is 0 Å². The lowest BCUT2D eigenvalue weighted by atomic mass is 9.94. The van der Waals surface area contributed by atoms with E-state index in [4.69, 9.17) is 9.47 Å². The number of hydrogen-bond acceptors (Lipinski definition) is 5. The van der Waals surface area contributed by atoms with Crippen LogP contribution in [-0.2, 0) is 9.59 Å². The smallest absolute Gasteiger partial charge is 0.295 e. The van der Waals surface area contributed by atoms with Crippen molar-refractivity contribution in [1.82, 2.24) is 4.90 Å². The number of carbonyl (C=O) groups is 2. The standard InChI is InChI=1S/C21H21NO5/c1-12-5-7-13(8-6-12)19(23)17-18(22(2)21(25)20(17)24)15-10-9-14(26-3)11-16(15)27-4/h5-11,18,23H,1-4H3/t18-/m1/s1.